The summed E-state index contributed by atoms with van der Waals surface area (Å²) in [5, 5.41) is 0. The van der Waals surface area contributed by atoms with Gasteiger partial charge in [-0.05, 0) is 104 Å². The van der Waals surface area contributed by atoms with E-state index in [4.69, 9.17) is 36.6 Å². The van der Waals surface area contributed by atoms with Crippen molar-refractivity contribution in [3.05, 3.63) is 239 Å². The molecule has 10 heteroatoms. The Balaban J connectivity index is 1.28. The Morgan fingerprint density at radius 1 is 0.359 bits per heavy atom. The molecule has 78 heavy (non-hydrogen) atoms. The molecule has 0 aliphatic carbocycles. The zero-order chi connectivity index (χ0) is 55.7. The maximum Gasteiger partial charge on any atom is 0.530 e. The Labute approximate surface area is 466 Å². The zero-order valence-electron chi connectivity index (χ0n) is 47.6. The molecule has 404 valence electrons. The molecule has 8 aromatic carbocycles. The zero-order valence-corrected chi connectivity index (χ0v) is 49.4. The lowest BCUT2D eigenvalue weighted by Crippen LogP contribution is -2.48. The fourth-order valence-electron chi connectivity index (χ4n) is 10.0. The first-order valence-electron chi connectivity index (χ1n) is 26.6. The van der Waals surface area contributed by atoms with E-state index in [1.165, 1.54) is 11.1 Å². The molecule has 1 saturated heterocycles. The second-order valence-electron chi connectivity index (χ2n) is 24.0. The highest BCUT2D eigenvalue weighted by molar-refractivity contribution is 7.43. The van der Waals surface area contributed by atoms with Crippen LogP contribution in [0.3, 0.4) is 0 Å². The molecule has 8 aromatic rings. The summed E-state index contributed by atoms with van der Waals surface area (Å²) in [5.74, 6) is 3.50. The van der Waals surface area contributed by atoms with Crippen molar-refractivity contribution in [2.24, 2.45) is 0 Å². The van der Waals surface area contributed by atoms with Crippen LogP contribution in [0.2, 0.25) is 0 Å². The van der Waals surface area contributed by atoms with Crippen LogP contribution in [0.15, 0.2) is 194 Å². The molecule has 1 heterocycles. The van der Waals surface area contributed by atoms with E-state index in [1.54, 1.807) is 14.2 Å². The lowest BCUT2D eigenvalue weighted by atomic mass is 9.66. The molecule has 0 spiro atoms. The molecule has 1 aliphatic heterocycles. The highest BCUT2D eigenvalue weighted by Gasteiger charge is 2.67. The van der Waals surface area contributed by atoms with Gasteiger partial charge in [0, 0.05) is 22.3 Å². The van der Waals surface area contributed by atoms with Gasteiger partial charge in [0.2, 0.25) is 0 Å². The van der Waals surface area contributed by atoms with Crippen LogP contribution < -0.4 is 27.6 Å². The van der Waals surface area contributed by atoms with Gasteiger partial charge < -0.3 is 27.6 Å². The minimum atomic E-state index is -2.29. The first kappa shape index (κ1) is 56.1. The number of benzene rings is 8. The standard InChI is InChI=1S/C68H74O8P2/c1-63(2,3)47-35-39-53(40-36-47)71-77(72-54-41-37-48(38-42-54)64(4,5)6)73-61-57(43-55(69-13)45-59(61)65(7,8)9)58-44-56(70-14)46-60(66(10,11)12)62(58)74-78-75-67(49-27-19-15-20-28-49,50-29-21-16-22-30-50)68(76-78,51-31-23-17-24-32-51)52-33-25-18-26-34-52/h15-46H,1-14H3. The summed E-state index contributed by atoms with van der Waals surface area (Å²) in [5.41, 5.74) is 5.32. The predicted octanol–water partition coefficient (Wildman–Crippen LogP) is 18.9. The van der Waals surface area contributed by atoms with Gasteiger partial charge in [-0.15, -0.1) is 0 Å². The second-order valence-corrected chi connectivity index (χ2v) is 26.0. The van der Waals surface area contributed by atoms with Crippen LogP contribution in [0.25, 0.3) is 11.1 Å². The number of methoxy groups -OCH3 is 2. The van der Waals surface area contributed by atoms with Crippen LogP contribution >= 0.6 is 17.2 Å². The highest BCUT2D eigenvalue weighted by Crippen LogP contribution is 2.71. The summed E-state index contributed by atoms with van der Waals surface area (Å²) in [4.78, 5) is 0. The van der Waals surface area contributed by atoms with Gasteiger partial charge >= 0.3 is 17.2 Å². The van der Waals surface area contributed by atoms with Crippen LogP contribution in [0.4, 0.5) is 0 Å². The summed E-state index contributed by atoms with van der Waals surface area (Å²) in [6, 6.07) is 65.8. The number of rotatable bonds is 15. The van der Waals surface area contributed by atoms with Crippen molar-refractivity contribution in [3.63, 3.8) is 0 Å². The van der Waals surface area contributed by atoms with Gasteiger partial charge in [-0.2, -0.15) is 0 Å². The molecule has 0 atom stereocenters. The average Bonchev–Trinajstić information content (AvgIpc) is 3.73. The predicted molar refractivity (Wildman–Crippen MR) is 319 cm³/mol. The van der Waals surface area contributed by atoms with E-state index in [2.05, 4.69) is 156 Å². The fourth-order valence-corrected chi connectivity index (χ4v) is 12.6. The van der Waals surface area contributed by atoms with Gasteiger partial charge in [0.15, 0.2) is 11.2 Å². The normalized spacial score (nSPS) is 14.7. The van der Waals surface area contributed by atoms with E-state index in [1.807, 2.05) is 121 Å². The van der Waals surface area contributed by atoms with Crippen molar-refractivity contribution in [1.82, 2.24) is 0 Å². The molecule has 0 aromatic heterocycles. The van der Waals surface area contributed by atoms with Crippen LogP contribution in [-0.2, 0) is 41.9 Å². The molecular formula is C68H74O8P2. The van der Waals surface area contributed by atoms with Crippen molar-refractivity contribution in [3.8, 4) is 45.6 Å². The summed E-state index contributed by atoms with van der Waals surface area (Å²) >= 11 is 0. The minimum absolute atomic E-state index is 0.0574. The van der Waals surface area contributed by atoms with Gasteiger partial charge in [-0.25, -0.2) is 0 Å². The SMILES string of the molecule is COc1cc(-c2cc(OC)cc(C(C)(C)C)c2OP2OC(c3ccccc3)(c3ccccc3)C(c3ccccc3)(c3ccccc3)O2)c(OP(Oc2ccc(C(C)(C)C)cc2)Oc2ccc(C(C)(C)C)cc2)c(C(C)(C)C)c1. The third-order valence-electron chi connectivity index (χ3n) is 14.3. The van der Waals surface area contributed by atoms with E-state index in [0.717, 1.165) is 33.4 Å². The fraction of sp³-hybridized carbons (Fsp3) is 0.294. The van der Waals surface area contributed by atoms with E-state index in [-0.39, 0.29) is 10.8 Å². The Morgan fingerprint density at radius 2 is 0.679 bits per heavy atom. The van der Waals surface area contributed by atoms with Gasteiger partial charge in [0.25, 0.3) is 0 Å². The Bertz CT molecular complexity index is 3060. The van der Waals surface area contributed by atoms with Gasteiger partial charge in [-0.3, -0.25) is 9.05 Å². The van der Waals surface area contributed by atoms with E-state index < -0.39 is 39.2 Å². The van der Waals surface area contributed by atoms with Crippen molar-refractivity contribution in [2.75, 3.05) is 14.2 Å². The Kier molecular flexibility index (Phi) is 16.0. The van der Waals surface area contributed by atoms with E-state index in [9.17, 15) is 0 Å². The summed E-state index contributed by atoms with van der Waals surface area (Å²) < 4.78 is 56.7. The molecule has 8 nitrogen and oxygen atoms in total. The van der Waals surface area contributed by atoms with Gasteiger partial charge in [0.1, 0.15) is 34.5 Å². The largest absolute Gasteiger partial charge is 0.530 e. The van der Waals surface area contributed by atoms with Crippen molar-refractivity contribution in [1.29, 1.82) is 0 Å². The molecule has 0 unspecified atom stereocenters. The molecule has 0 amide bonds. The van der Waals surface area contributed by atoms with Crippen LogP contribution in [-0.4, -0.2) is 14.2 Å². The van der Waals surface area contributed by atoms with Gasteiger partial charge in [0.05, 0.1) is 14.2 Å². The Morgan fingerprint density at radius 3 is 0.987 bits per heavy atom. The summed E-state index contributed by atoms with van der Waals surface area (Å²) in [7, 11) is -1.13. The van der Waals surface area contributed by atoms with Crippen molar-refractivity contribution >= 4 is 17.2 Å². The molecule has 0 saturated carbocycles. The molecule has 0 bridgehead atoms. The highest BCUT2D eigenvalue weighted by atomic mass is 31.2. The Hall–Kier alpha value is -6.66. The monoisotopic (exact) mass is 1080 g/mol. The van der Waals surface area contributed by atoms with E-state index >= 15 is 0 Å². The maximum atomic E-state index is 7.77. The lowest BCUT2D eigenvalue weighted by Gasteiger charge is -2.43. The average molecular weight is 1080 g/mol. The van der Waals surface area contributed by atoms with Crippen LogP contribution in [0.1, 0.15) is 128 Å². The number of ether oxygens (including phenoxy) is 2. The van der Waals surface area contributed by atoms with Gasteiger partial charge in [-0.1, -0.05) is 229 Å². The third-order valence-corrected chi connectivity index (χ3v) is 16.5. The van der Waals surface area contributed by atoms with Crippen LogP contribution in [0, 0.1) is 0 Å². The molecule has 9 rings (SSSR count). The number of hydrogen-bond donors (Lipinski definition) is 0. The van der Waals surface area contributed by atoms with Crippen LogP contribution in [0.5, 0.6) is 34.5 Å². The molecule has 0 radical (unpaired) electrons. The summed E-state index contributed by atoms with van der Waals surface area (Å²) in [6.45, 7) is 26.2. The first-order chi connectivity index (χ1) is 37.0. The third kappa shape index (κ3) is 11.4. The maximum absolute atomic E-state index is 7.77. The topological polar surface area (TPSA) is 73.8 Å². The van der Waals surface area contributed by atoms with E-state index in [0.29, 0.717) is 45.6 Å². The first-order valence-corrected chi connectivity index (χ1v) is 28.8. The molecular weight excluding hydrogens is 1010 g/mol. The second kappa shape index (κ2) is 22.2. The number of hydrogen-bond acceptors (Lipinski definition) is 8. The lowest BCUT2D eigenvalue weighted by molar-refractivity contribution is 0.00370. The quantitative estimate of drug-likeness (QED) is 0.0940. The molecule has 0 N–H and O–H groups in total. The van der Waals surface area contributed by atoms with Crippen molar-refractivity contribution in [2.45, 2.75) is 116 Å². The minimum Gasteiger partial charge on any atom is -0.497 e. The van der Waals surface area contributed by atoms with Crippen molar-refractivity contribution < 1.29 is 36.6 Å². The molecule has 1 aliphatic rings. The smallest absolute Gasteiger partial charge is 0.497 e. The molecule has 1 fully saturated rings. The summed E-state index contributed by atoms with van der Waals surface area (Å²) in [6.07, 6.45) is 0.